The molecule has 1 N–H and O–H groups in total. The highest BCUT2D eigenvalue weighted by molar-refractivity contribution is 7.89. The van der Waals surface area contributed by atoms with Gasteiger partial charge in [-0.25, -0.2) is 8.42 Å². The number of amides is 1. The predicted molar refractivity (Wildman–Crippen MR) is 94.5 cm³/mol. The Labute approximate surface area is 152 Å². The second-order valence-corrected chi connectivity index (χ2v) is 9.02. The summed E-state index contributed by atoms with van der Waals surface area (Å²) in [7, 11) is -3.77. The van der Waals surface area contributed by atoms with Crippen molar-refractivity contribution in [1.82, 2.24) is 9.62 Å². The number of nitrogens with zero attached hydrogens (tertiary/aromatic N) is 2. The van der Waals surface area contributed by atoms with Crippen molar-refractivity contribution in [2.24, 2.45) is 0 Å². The first-order chi connectivity index (χ1) is 12.0. The average molecular weight is 385 g/mol. The van der Waals surface area contributed by atoms with Crippen molar-refractivity contribution in [2.75, 3.05) is 19.7 Å². The number of nitrogens with one attached hydrogen (secondary N) is 1. The van der Waals surface area contributed by atoms with Crippen LogP contribution in [0, 0.1) is 10.1 Å². The maximum absolute atomic E-state index is 12.5. The Bertz CT molecular complexity index is 795. The number of hydrogen-bond donors (Lipinski definition) is 1. The smallest absolute Gasteiger partial charge is 0.312 e. The lowest BCUT2D eigenvalue weighted by atomic mass is 10.1. The molecule has 0 aliphatic carbocycles. The summed E-state index contributed by atoms with van der Waals surface area (Å²) in [5.74, 6) is -0.583. The minimum absolute atomic E-state index is 0.153. The van der Waals surface area contributed by atoms with E-state index >= 15 is 0 Å². The molecule has 0 unspecified atom stereocenters. The number of carbonyl (C=O) groups is 1. The highest BCUT2D eigenvalue weighted by atomic mass is 32.2. The summed E-state index contributed by atoms with van der Waals surface area (Å²) in [5, 5.41) is 14.0. The molecule has 0 bridgehead atoms. The molecule has 1 aromatic carbocycles. The van der Waals surface area contributed by atoms with Crippen molar-refractivity contribution in [3.63, 3.8) is 0 Å². The first kappa shape index (κ1) is 20.1. The number of carbonyl (C=O) groups excluding carboxylic acids is 1. The van der Waals surface area contributed by atoms with Crippen LogP contribution in [0.5, 0.6) is 5.75 Å². The van der Waals surface area contributed by atoms with E-state index in [-0.39, 0.29) is 10.6 Å². The lowest BCUT2D eigenvalue weighted by molar-refractivity contribution is -0.386. The van der Waals surface area contributed by atoms with Gasteiger partial charge in [0.05, 0.1) is 9.82 Å². The molecule has 1 amide bonds. The van der Waals surface area contributed by atoms with Gasteiger partial charge in [0, 0.05) is 24.7 Å². The highest BCUT2D eigenvalue weighted by Crippen LogP contribution is 2.31. The largest absolute Gasteiger partial charge is 0.477 e. The van der Waals surface area contributed by atoms with E-state index in [2.05, 4.69) is 5.32 Å². The molecule has 2 rings (SSSR count). The fourth-order valence-corrected chi connectivity index (χ4v) is 4.14. The number of nitro benzene ring substituents is 1. The van der Waals surface area contributed by atoms with Gasteiger partial charge in [0.2, 0.25) is 10.0 Å². The fourth-order valence-electron chi connectivity index (χ4n) is 2.60. The lowest BCUT2D eigenvalue weighted by Crippen LogP contribution is -2.43. The molecule has 1 saturated heterocycles. The van der Waals surface area contributed by atoms with Crippen LogP contribution in [0.25, 0.3) is 0 Å². The molecular weight excluding hydrogens is 362 g/mol. The van der Waals surface area contributed by atoms with Crippen molar-refractivity contribution >= 4 is 21.6 Å². The molecule has 1 heterocycles. The first-order valence-electron chi connectivity index (χ1n) is 8.23. The van der Waals surface area contributed by atoms with Crippen LogP contribution in [0.3, 0.4) is 0 Å². The van der Waals surface area contributed by atoms with Crippen LogP contribution in [0.1, 0.15) is 33.6 Å². The van der Waals surface area contributed by atoms with Crippen LogP contribution >= 0.6 is 0 Å². The number of benzene rings is 1. The molecule has 1 aromatic rings. The van der Waals surface area contributed by atoms with Gasteiger partial charge in [-0.1, -0.05) is 0 Å². The van der Waals surface area contributed by atoms with E-state index in [4.69, 9.17) is 4.74 Å². The first-order valence-corrected chi connectivity index (χ1v) is 9.67. The van der Waals surface area contributed by atoms with Crippen LogP contribution < -0.4 is 10.1 Å². The zero-order valence-corrected chi connectivity index (χ0v) is 15.8. The molecule has 10 heteroatoms. The second-order valence-electron chi connectivity index (χ2n) is 7.08. The third-order valence-corrected chi connectivity index (χ3v) is 5.60. The monoisotopic (exact) mass is 385 g/mol. The third kappa shape index (κ3) is 4.92. The van der Waals surface area contributed by atoms with Crippen molar-refractivity contribution < 1.29 is 22.9 Å². The summed E-state index contributed by atoms with van der Waals surface area (Å²) in [4.78, 5) is 22.2. The van der Waals surface area contributed by atoms with Crippen molar-refractivity contribution in [3.8, 4) is 5.75 Å². The molecule has 0 spiro atoms. The summed E-state index contributed by atoms with van der Waals surface area (Å²) in [6.07, 6.45) is 1.54. The normalized spacial score (nSPS) is 15.7. The van der Waals surface area contributed by atoms with E-state index in [0.29, 0.717) is 13.1 Å². The van der Waals surface area contributed by atoms with Crippen LogP contribution in [0.4, 0.5) is 5.69 Å². The summed E-state index contributed by atoms with van der Waals surface area (Å²) in [6, 6.07) is 3.45. The zero-order valence-electron chi connectivity index (χ0n) is 15.0. The number of nitro groups is 1. The molecule has 1 aliphatic rings. The van der Waals surface area contributed by atoms with Gasteiger partial charge in [0.15, 0.2) is 12.4 Å². The predicted octanol–water partition coefficient (Wildman–Crippen LogP) is 1.67. The maximum Gasteiger partial charge on any atom is 0.312 e. The minimum Gasteiger partial charge on any atom is -0.477 e. The topological polar surface area (TPSA) is 119 Å². The molecule has 9 nitrogen and oxygen atoms in total. The van der Waals surface area contributed by atoms with E-state index in [0.717, 1.165) is 18.9 Å². The Balaban J connectivity index is 2.21. The molecule has 1 fully saturated rings. The standard InChI is InChI=1S/C16H23N3O6S/c1-16(2,3)17-15(20)11-25-14-7-6-12(10-13(14)19(21)22)26(23,24)18-8-4-5-9-18/h6-7,10H,4-5,8-9,11H2,1-3H3,(H,17,20). The molecule has 0 atom stereocenters. The van der Waals surface area contributed by atoms with Crippen LogP contribution in [0.15, 0.2) is 23.1 Å². The van der Waals surface area contributed by atoms with Gasteiger partial charge >= 0.3 is 5.69 Å². The van der Waals surface area contributed by atoms with Crippen LogP contribution in [-0.4, -0.2) is 48.8 Å². The lowest BCUT2D eigenvalue weighted by Gasteiger charge is -2.20. The van der Waals surface area contributed by atoms with Gasteiger partial charge in [-0.2, -0.15) is 4.31 Å². The van der Waals surface area contributed by atoms with Crippen LogP contribution in [-0.2, 0) is 14.8 Å². The Hall–Kier alpha value is -2.20. The molecule has 1 aliphatic heterocycles. The summed E-state index contributed by atoms with van der Waals surface area (Å²) < 4.78 is 31.6. The maximum atomic E-state index is 12.5. The number of sulfonamides is 1. The fraction of sp³-hybridized carbons (Fsp3) is 0.562. The van der Waals surface area contributed by atoms with Gasteiger partial charge in [-0.15, -0.1) is 0 Å². The van der Waals surface area contributed by atoms with Gasteiger partial charge in [-0.3, -0.25) is 14.9 Å². The number of ether oxygens (including phenoxy) is 1. The Kier molecular flexibility index (Phi) is 5.87. The summed E-state index contributed by atoms with van der Waals surface area (Å²) in [6.45, 7) is 5.79. The number of rotatable bonds is 6. The van der Waals surface area contributed by atoms with Gasteiger partial charge < -0.3 is 10.1 Å². The second kappa shape index (κ2) is 7.58. The summed E-state index contributed by atoms with van der Waals surface area (Å²) in [5.41, 5.74) is -0.950. The molecule has 144 valence electrons. The van der Waals surface area contributed by atoms with E-state index in [1.807, 2.05) is 0 Å². The SMILES string of the molecule is CC(C)(C)NC(=O)COc1ccc(S(=O)(=O)N2CCCC2)cc1[N+](=O)[O-]. The molecule has 0 saturated carbocycles. The van der Waals surface area contributed by atoms with E-state index in [1.165, 1.54) is 16.4 Å². The minimum atomic E-state index is -3.77. The van der Waals surface area contributed by atoms with E-state index < -0.39 is 38.7 Å². The molecule has 0 radical (unpaired) electrons. The zero-order chi connectivity index (χ0) is 19.5. The quantitative estimate of drug-likeness (QED) is 0.588. The van der Waals surface area contributed by atoms with E-state index in [1.54, 1.807) is 20.8 Å². The Morgan fingerprint density at radius 2 is 1.92 bits per heavy atom. The van der Waals surface area contributed by atoms with Gasteiger partial charge in [-0.05, 0) is 45.7 Å². The van der Waals surface area contributed by atoms with Crippen LogP contribution in [0.2, 0.25) is 0 Å². The van der Waals surface area contributed by atoms with E-state index in [9.17, 15) is 23.3 Å². The Morgan fingerprint density at radius 1 is 1.31 bits per heavy atom. The van der Waals surface area contributed by atoms with Crippen molar-refractivity contribution in [3.05, 3.63) is 28.3 Å². The third-order valence-electron chi connectivity index (χ3n) is 3.70. The highest BCUT2D eigenvalue weighted by Gasteiger charge is 2.30. The molecule has 26 heavy (non-hydrogen) atoms. The molecular formula is C16H23N3O6S. The Morgan fingerprint density at radius 3 is 2.46 bits per heavy atom. The van der Waals surface area contributed by atoms with Crippen molar-refractivity contribution in [2.45, 2.75) is 44.0 Å². The van der Waals surface area contributed by atoms with Gasteiger partial charge in [0.25, 0.3) is 5.91 Å². The van der Waals surface area contributed by atoms with Crippen molar-refractivity contribution in [1.29, 1.82) is 0 Å². The number of hydrogen-bond acceptors (Lipinski definition) is 6. The molecule has 0 aromatic heterocycles. The van der Waals surface area contributed by atoms with Gasteiger partial charge in [0.1, 0.15) is 0 Å². The summed E-state index contributed by atoms with van der Waals surface area (Å²) >= 11 is 0. The average Bonchev–Trinajstić information content (AvgIpc) is 3.06.